The van der Waals surface area contributed by atoms with Crippen molar-refractivity contribution < 1.29 is 9.53 Å². The fraction of sp³-hybridized carbons (Fsp3) is 0.929. The minimum atomic E-state index is 0.113. The Morgan fingerprint density at radius 2 is 1.94 bits per heavy atom. The fourth-order valence-electron chi connectivity index (χ4n) is 2.55. The van der Waals surface area contributed by atoms with Gasteiger partial charge in [0.05, 0.1) is 6.61 Å². The third-order valence-electron chi connectivity index (χ3n) is 3.84. The molecule has 1 rings (SSSR count). The van der Waals surface area contributed by atoms with E-state index < -0.39 is 0 Å². The molecule has 0 unspecified atom stereocenters. The summed E-state index contributed by atoms with van der Waals surface area (Å²) in [5.41, 5.74) is 0. The second-order valence-corrected chi connectivity index (χ2v) is 5.17. The van der Waals surface area contributed by atoms with E-state index in [4.69, 9.17) is 4.74 Å². The highest BCUT2D eigenvalue weighted by Gasteiger charge is 2.19. The molecule has 0 bridgehead atoms. The van der Waals surface area contributed by atoms with Crippen LogP contribution in [0.4, 0.5) is 0 Å². The van der Waals surface area contributed by atoms with Gasteiger partial charge in [-0.25, -0.2) is 0 Å². The highest BCUT2D eigenvalue weighted by molar-refractivity contribution is 5.76. The first-order valence-corrected chi connectivity index (χ1v) is 7.25. The Bertz CT molecular complexity index is 226. The maximum absolute atomic E-state index is 11.5. The quantitative estimate of drug-likeness (QED) is 0.650. The van der Waals surface area contributed by atoms with Crippen molar-refractivity contribution in [2.75, 3.05) is 26.8 Å². The number of carbonyl (C=O) groups excluding carboxylic acids is 1. The molecular weight excluding hydrogens is 228 g/mol. The Hall–Kier alpha value is -0.610. The van der Waals surface area contributed by atoms with Crippen LogP contribution in [0.5, 0.6) is 0 Å². The van der Waals surface area contributed by atoms with Crippen LogP contribution < -0.4 is 10.6 Å². The highest BCUT2D eigenvalue weighted by atomic mass is 16.5. The van der Waals surface area contributed by atoms with Gasteiger partial charge in [-0.15, -0.1) is 0 Å². The first-order chi connectivity index (χ1) is 8.76. The second kappa shape index (κ2) is 9.34. The zero-order valence-electron chi connectivity index (χ0n) is 11.8. The van der Waals surface area contributed by atoms with Gasteiger partial charge in [-0.1, -0.05) is 13.3 Å². The van der Waals surface area contributed by atoms with Crippen LogP contribution in [-0.2, 0) is 9.53 Å². The van der Waals surface area contributed by atoms with Crippen LogP contribution in [0.15, 0.2) is 0 Å². The zero-order chi connectivity index (χ0) is 13.2. The molecule has 0 radical (unpaired) electrons. The number of hydrogen-bond acceptors (Lipinski definition) is 3. The van der Waals surface area contributed by atoms with E-state index in [1.54, 1.807) is 7.11 Å². The molecule has 1 aliphatic carbocycles. The van der Waals surface area contributed by atoms with Crippen LogP contribution in [0.1, 0.15) is 45.4 Å². The van der Waals surface area contributed by atoms with Gasteiger partial charge in [0.2, 0.25) is 5.91 Å². The topological polar surface area (TPSA) is 50.4 Å². The molecular formula is C14H28N2O2. The first kappa shape index (κ1) is 15.4. The SMILES string of the molecule is CCC1CCC(NCCC(=O)NCCOC)CC1. The Morgan fingerprint density at radius 1 is 1.22 bits per heavy atom. The van der Waals surface area contributed by atoms with Gasteiger partial charge in [0.25, 0.3) is 0 Å². The Morgan fingerprint density at radius 3 is 2.56 bits per heavy atom. The lowest BCUT2D eigenvalue weighted by atomic mass is 9.84. The van der Waals surface area contributed by atoms with Crippen molar-refractivity contribution in [2.24, 2.45) is 5.92 Å². The van der Waals surface area contributed by atoms with Crippen LogP contribution in [-0.4, -0.2) is 38.8 Å². The average molecular weight is 256 g/mol. The van der Waals surface area contributed by atoms with Gasteiger partial charge >= 0.3 is 0 Å². The lowest BCUT2D eigenvalue weighted by Crippen LogP contribution is -2.36. The summed E-state index contributed by atoms with van der Waals surface area (Å²) in [6.07, 6.45) is 7.10. The van der Waals surface area contributed by atoms with E-state index in [-0.39, 0.29) is 5.91 Å². The summed E-state index contributed by atoms with van der Waals surface area (Å²) >= 11 is 0. The Labute approximate surface area is 111 Å². The van der Waals surface area contributed by atoms with E-state index in [0.717, 1.165) is 12.5 Å². The van der Waals surface area contributed by atoms with Gasteiger partial charge in [0.1, 0.15) is 0 Å². The number of amides is 1. The fourth-order valence-corrected chi connectivity index (χ4v) is 2.55. The summed E-state index contributed by atoms with van der Waals surface area (Å²) in [6.45, 7) is 4.26. The van der Waals surface area contributed by atoms with E-state index in [9.17, 15) is 4.79 Å². The van der Waals surface area contributed by atoms with Gasteiger partial charge in [-0.2, -0.15) is 0 Å². The number of rotatable bonds is 8. The summed E-state index contributed by atoms with van der Waals surface area (Å²) in [6, 6.07) is 0.625. The number of methoxy groups -OCH3 is 1. The van der Waals surface area contributed by atoms with Crippen molar-refractivity contribution in [2.45, 2.75) is 51.5 Å². The molecule has 0 spiro atoms. The smallest absolute Gasteiger partial charge is 0.221 e. The molecule has 0 saturated heterocycles. The molecule has 4 heteroatoms. The standard InChI is InChI=1S/C14H28N2O2/c1-3-12-4-6-13(7-5-12)15-9-8-14(17)16-10-11-18-2/h12-13,15H,3-11H2,1-2H3,(H,16,17). The van der Waals surface area contributed by atoms with Crippen molar-refractivity contribution in [3.63, 3.8) is 0 Å². The van der Waals surface area contributed by atoms with Crippen molar-refractivity contribution in [3.8, 4) is 0 Å². The van der Waals surface area contributed by atoms with Gasteiger partial charge in [-0.05, 0) is 31.6 Å². The van der Waals surface area contributed by atoms with Gasteiger partial charge in [-0.3, -0.25) is 4.79 Å². The van der Waals surface area contributed by atoms with Crippen LogP contribution in [0, 0.1) is 5.92 Å². The number of hydrogen-bond donors (Lipinski definition) is 2. The number of nitrogens with one attached hydrogen (secondary N) is 2. The van der Waals surface area contributed by atoms with Crippen molar-refractivity contribution in [3.05, 3.63) is 0 Å². The molecule has 0 atom stereocenters. The molecule has 0 aromatic rings. The third-order valence-corrected chi connectivity index (χ3v) is 3.84. The minimum absolute atomic E-state index is 0.113. The maximum Gasteiger partial charge on any atom is 0.221 e. The predicted molar refractivity (Wildman–Crippen MR) is 73.5 cm³/mol. The second-order valence-electron chi connectivity index (χ2n) is 5.17. The number of carbonyl (C=O) groups is 1. The molecule has 1 saturated carbocycles. The summed E-state index contributed by atoms with van der Waals surface area (Å²) in [5.74, 6) is 1.04. The molecule has 0 aromatic heterocycles. The molecule has 18 heavy (non-hydrogen) atoms. The largest absolute Gasteiger partial charge is 0.383 e. The van der Waals surface area contributed by atoms with E-state index in [1.165, 1.54) is 32.1 Å². The van der Waals surface area contributed by atoms with E-state index in [2.05, 4.69) is 17.6 Å². The zero-order valence-corrected chi connectivity index (χ0v) is 11.8. The highest BCUT2D eigenvalue weighted by Crippen LogP contribution is 2.26. The average Bonchev–Trinajstić information content (AvgIpc) is 2.40. The molecule has 106 valence electrons. The molecule has 2 N–H and O–H groups in total. The van der Waals surface area contributed by atoms with Gasteiger partial charge < -0.3 is 15.4 Å². The molecule has 4 nitrogen and oxygen atoms in total. The monoisotopic (exact) mass is 256 g/mol. The van der Waals surface area contributed by atoms with E-state index >= 15 is 0 Å². The lowest BCUT2D eigenvalue weighted by Gasteiger charge is -2.28. The van der Waals surface area contributed by atoms with E-state index in [1.807, 2.05) is 0 Å². The van der Waals surface area contributed by atoms with Crippen LogP contribution >= 0.6 is 0 Å². The molecule has 0 heterocycles. The lowest BCUT2D eigenvalue weighted by molar-refractivity contribution is -0.121. The Balaban J connectivity index is 1.99. The summed E-state index contributed by atoms with van der Waals surface area (Å²) in [7, 11) is 1.64. The molecule has 0 aliphatic heterocycles. The normalized spacial score (nSPS) is 23.9. The van der Waals surface area contributed by atoms with Crippen molar-refractivity contribution in [1.29, 1.82) is 0 Å². The third kappa shape index (κ3) is 6.36. The molecule has 1 amide bonds. The number of ether oxygens (including phenoxy) is 1. The minimum Gasteiger partial charge on any atom is -0.383 e. The maximum atomic E-state index is 11.5. The van der Waals surface area contributed by atoms with Crippen molar-refractivity contribution >= 4 is 5.91 Å². The summed E-state index contributed by atoms with van der Waals surface area (Å²) in [4.78, 5) is 11.5. The Kier molecular flexibility index (Phi) is 8.01. The predicted octanol–water partition coefficient (Wildman–Crippen LogP) is 1.70. The summed E-state index contributed by atoms with van der Waals surface area (Å²) in [5, 5.41) is 6.33. The van der Waals surface area contributed by atoms with Crippen LogP contribution in [0.2, 0.25) is 0 Å². The molecule has 1 aliphatic rings. The van der Waals surface area contributed by atoms with E-state index in [0.29, 0.717) is 25.6 Å². The van der Waals surface area contributed by atoms with Crippen molar-refractivity contribution in [1.82, 2.24) is 10.6 Å². The summed E-state index contributed by atoms with van der Waals surface area (Å²) < 4.78 is 4.88. The van der Waals surface area contributed by atoms with Crippen LogP contribution in [0.25, 0.3) is 0 Å². The van der Waals surface area contributed by atoms with Gasteiger partial charge in [0.15, 0.2) is 0 Å². The first-order valence-electron chi connectivity index (χ1n) is 7.25. The molecule has 1 fully saturated rings. The van der Waals surface area contributed by atoms with Gasteiger partial charge in [0, 0.05) is 32.7 Å². The van der Waals surface area contributed by atoms with Crippen LogP contribution in [0.3, 0.4) is 0 Å². The molecule has 0 aromatic carbocycles.